The van der Waals surface area contributed by atoms with E-state index in [0.717, 1.165) is 11.1 Å². The average molecular weight is 244 g/mol. The van der Waals surface area contributed by atoms with E-state index in [0.29, 0.717) is 12.4 Å². The first-order valence-electron chi connectivity index (χ1n) is 6.22. The first-order chi connectivity index (χ1) is 8.75. The molecule has 0 amide bonds. The normalized spacial score (nSPS) is 9.28. The van der Waals surface area contributed by atoms with Gasteiger partial charge in [-0.15, -0.1) is 0 Å². The Morgan fingerprint density at radius 3 is 2.28 bits per heavy atom. The van der Waals surface area contributed by atoms with Crippen LogP contribution >= 0.6 is 0 Å². The van der Waals surface area contributed by atoms with Crippen molar-refractivity contribution in [3.63, 3.8) is 0 Å². The van der Waals surface area contributed by atoms with E-state index in [9.17, 15) is 5.11 Å². The molecule has 2 aromatic carbocycles. The molecule has 2 nitrogen and oxygen atoms in total. The van der Waals surface area contributed by atoms with Gasteiger partial charge in [0.25, 0.3) is 0 Å². The molecule has 2 rings (SSSR count). The number of hydrogen-bond acceptors (Lipinski definition) is 2. The molecule has 0 heterocycles. The molecule has 1 N–H and O–H groups in total. The van der Waals surface area contributed by atoms with Gasteiger partial charge in [-0.2, -0.15) is 0 Å². The minimum absolute atomic E-state index is 0.269. The minimum atomic E-state index is 0.269. The number of benzene rings is 2. The molecule has 0 aromatic heterocycles. The van der Waals surface area contributed by atoms with Crippen LogP contribution in [0.4, 0.5) is 0 Å². The monoisotopic (exact) mass is 244 g/mol. The highest BCUT2D eigenvalue weighted by atomic mass is 16.5. The van der Waals surface area contributed by atoms with Crippen molar-refractivity contribution in [2.24, 2.45) is 0 Å². The van der Waals surface area contributed by atoms with E-state index in [1.54, 1.807) is 6.07 Å². The van der Waals surface area contributed by atoms with Gasteiger partial charge in [0.2, 0.25) is 0 Å². The van der Waals surface area contributed by atoms with Gasteiger partial charge in [0, 0.05) is 6.07 Å². The van der Waals surface area contributed by atoms with Crippen LogP contribution in [0.25, 0.3) is 0 Å². The Hall–Kier alpha value is -1.96. The van der Waals surface area contributed by atoms with Crippen molar-refractivity contribution < 1.29 is 9.84 Å². The molecule has 18 heavy (non-hydrogen) atoms. The zero-order valence-electron chi connectivity index (χ0n) is 11.2. The lowest BCUT2D eigenvalue weighted by Gasteiger charge is -2.07. The van der Waals surface area contributed by atoms with Gasteiger partial charge in [0.1, 0.15) is 18.1 Å². The molecule has 0 bridgehead atoms. The second-order valence-electron chi connectivity index (χ2n) is 3.72. The van der Waals surface area contributed by atoms with Crippen LogP contribution in [-0.4, -0.2) is 5.11 Å². The van der Waals surface area contributed by atoms with Crippen molar-refractivity contribution in [2.45, 2.75) is 27.4 Å². The Kier molecular flexibility index (Phi) is 5.78. The highest BCUT2D eigenvalue weighted by Crippen LogP contribution is 2.23. The summed E-state index contributed by atoms with van der Waals surface area (Å²) < 4.78 is 5.57. The number of aromatic hydroxyl groups is 1. The van der Waals surface area contributed by atoms with Gasteiger partial charge >= 0.3 is 0 Å². The van der Waals surface area contributed by atoms with Gasteiger partial charge in [-0.05, 0) is 24.1 Å². The first kappa shape index (κ1) is 14.1. The molecule has 96 valence electrons. The second-order valence-corrected chi connectivity index (χ2v) is 3.72. The third-order valence-electron chi connectivity index (χ3n) is 2.43. The summed E-state index contributed by atoms with van der Waals surface area (Å²) in [7, 11) is 0. The standard InChI is InChI=1S/C14H14O2.C2H6/c1-11-7-8-13(9-14(11)15)16-10-12-5-3-2-4-6-12;1-2/h2-9,15H,10H2,1H3;1-2H3. The summed E-state index contributed by atoms with van der Waals surface area (Å²) in [6.45, 7) is 6.37. The molecule has 0 fully saturated rings. The zero-order chi connectivity index (χ0) is 13.4. The third-order valence-corrected chi connectivity index (χ3v) is 2.43. The highest BCUT2D eigenvalue weighted by Gasteiger charge is 1.99. The van der Waals surface area contributed by atoms with Crippen LogP contribution in [0.3, 0.4) is 0 Å². The third kappa shape index (κ3) is 4.13. The maximum Gasteiger partial charge on any atom is 0.123 e. The van der Waals surface area contributed by atoms with Crippen LogP contribution in [0.1, 0.15) is 25.0 Å². The van der Waals surface area contributed by atoms with E-state index >= 15 is 0 Å². The molecular formula is C16H20O2. The summed E-state index contributed by atoms with van der Waals surface area (Å²) in [5, 5.41) is 9.52. The second kappa shape index (κ2) is 7.38. The fraction of sp³-hybridized carbons (Fsp3) is 0.250. The van der Waals surface area contributed by atoms with E-state index in [4.69, 9.17) is 4.74 Å². The Morgan fingerprint density at radius 2 is 1.67 bits per heavy atom. The van der Waals surface area contributed by atoms with Gasteiger partial charge in [-0.3, -0.25) is 0 Å². The van der Waals surface area contributed by atoms with Gasteiger partial charge in [-0.25, -0.2) is 0 Å². The molecule has 0 aliphatic heterocycles. The largest absolute Gasteiger partial charge is 0.508 e. The molecule has 0 spiro atoms. The molecule has 0 radical (unpaired) electrons. The van der Waals surface area contributed by atoms with Crippen molar-refractivity contribution in [2.75, 3.05) is 0 Å². The number of ether oxygens (including phenoxy) is 1. The molecular weight excluding hydrogens is 224 g/mol. The Labute approximate surface area is 109 Å². The predicted molar refractivity (Wildman–Crippen MR) is 75.0 cm³/mol. The van der Waals surface area contributed by atoms with Crippen molar-refractivity contribution in [3.8, 4) is 11.5 Å². The van der Waals surface area contributed by atoms with E-state index in [1.165, 1.54) is 0 Å². The summed E-state index contributed by atoms with van der Waals surface area (Å²) in [6.07, 6.45) is 0. The molecule has 0 aliphatic rings. The lowest BCUT2D eigenvalue weighted by Crippen LogP contribution is -1.94. The molecule has 0 unspecified atom stereocenters. The number of aryl methyl sites for hydroxylation is 1. The fourth-order valence-electron chi connectivity index (χ4n) is 1.42. The Morgan fingerprint density at radius 1 is 1.00 bits per heavy atom. The molecule has 0 aliphatic carbocycles. The smallest absolute Gasteiger partial charge is 0.123 e. The summed E-state index contributed by atoms with van der Waals surface area (Å²) in [5.74, 6) is 0.956. The molecule has 0 saturated carbocycles. The number of rotatable bonds is 3. The van der Waals surface area contributed by atoms with Crippen LogP contribution in [0, 0.1) is 6.92 Å². The van der Waals surface area contributed by atoms with Crippen LogP contribution in [0.2, 0.25) is 0 Å². The van der Waals surface area contributed by atoms with Gasteiger partial charge in [0.05, 0.1) is 0 Å². The summed E-state index contributed by atoms with van der Waals surface area (Å²) >= 11 is 0. The molecule has 2 aromatic rings. The maximum absolute atomic E-state index is 9.52. The van der Waals surface area contributed by atoms with Crippen molar-refractivity contribution in [1.82, 2.24) is 0 Å². The first-order valence-corrected chi connectivity index (χ1v) is 6.22. The van der Waals surface area contributed by atoms with Crippen molar-refractivity contribution >= 4 is 0 Å². The van der Waals surface area contributed by atoms with E-state index in [1.807, 2.05) is 63.2 Å². The van der Waals surface area contributed by atoms with E-state index < -0.39 is 0 Å². The van der Waals surface area contributed by atoms with Gasteiger partial charge in [-0.1, -0.05) is 50.2 Å². The summed E-state index contributed by atoms with van der Waals surface area (Å²) in [5.41, 5.74) is 1.97. The predicted octanol–water partition coefficient (Wildman–Crippen LogP) is 4.31. The van der Waals surface area contributed by atoms with Crippen LogP contribution < -0.4 is 4.74 Å². The average Bonchev–Trinajstić information content (AvgIpc) is 2.44. The van der Waals surface area contributed by atoms with E-state index in [2.05, 4.69) is 0 Å². The number of phenolic OH excluding ortho intramolecular Hbond substituents is 1. The topological polar surface area (TPSA) is 29.5 Å². The van der Waals surface area contributed by atoms with Crippen LogP contribution in [0.15, 0.2) is 48.5 Å². The molecule has 0 atom stereocenters. The van der Waals surface area contributed by atoms with Crippen LogP contribution in [0.5, 0.6) is 11.5 Å². The Bertz CT molecular complexity index is 464. The maximum atomic E-state index is 9.52. The van der Waals surface area contributed by atoms with E-state index in [-0.39, 0.29) is 5.75 Å². The molecule has 2 heteroatoms. The highest BCUT2D eigenvalue weighted by molar-refractivity contribution is 5.38. The lowest BCUT2D eigenvalue weighted by atomic mass is 10.2. The quantitative estimate of drug-likeness (QED) is 0.872. The molecule has 0 saturated heterocycles. The van der Waals surface area contributed by atoms with Crippen LogP contribution in [-0.2, 0) is 6.61 Å². The summed E-state index contributed by atoms with van der Waals surface area (Å²) in [6, 6.07) is 15.3. The van der Waals surface area contributed by atoms with Crippen molar-refractivity contribution in [1.29, 1.82) is 0 Å². The lowest BCUT2D eigenvalue weighted by molar-refractivity contribution is 0.304. The van der Waals surface area contributed by atoms with Gasteiger partial charge < -0.3 is 9.84 Å². The SMILES string of the molecule is CC.Cc1ccc(OCc2ccccc2)cc1O. The minimum Gasteiger partial charge on any atom is -0.508 e. The number of hydrogen-bond donors (Lipinski definition) is 1. The van der Waals surface area contributed by atoms with Gasteiger partial charge in [0.15, 0.2) is 0 Å². The summed E-state index contributed by atoms with van der Waals surface area (Å²) in [4.78, 5) is 0. The zero-order valence-corrected chi connectivity index (χ0v) is 11.2. The number of phenols is 1. The fourth-order valence-corrected chi connectivity index (χ4v) is 1.42. The van der Waals surface area contributed by atoms with Crippen molar-refractivity contribution in [3.05, 3.63) is 59.7 Å². The Balaban J connectivity index is 0.000000771.